The lowest BCUT2D eigenvalue weighted by Gasteiger charge is -2.30. The van der Waals surface area contributed by atoms with Crippen LogP contribution in [0.4, 0.5) is 0 Å². The Morgan fingerprint density at radius 1 is 1.43 bits per heavy atom. The van der Waals surface area contributed by atoms with E-state index in [1.807, 2.05) is 13.8 Å². The Morgan fingerprint density at radius 2 is 2.14 bits per heavy atom. The van der Waals surface area contributed by atoms with Gasteiger partial charge in [-0.1, -0.05) is 13.8 Å². The molecule has 1 aliphatic rings. The first-order valence-electron chi connectivity index (χ1n) is 5.44. The Morgan fingerprint density at radius 3 is 2.64 bits per heavy atom. The standard InChI is InChI=1S/C9H21NO2P2/c1-4-12-13(5-2)10-8-7-9-14(10,11)6-3/h4-9H2,1-3H3. The van der Waals surface area contributed by atoms with E-state index in [-0.39, 0.29) is 0 Å². The van der Waals surface area contributed by atoms with Gasteiger partial charge in [-0.3, -0.25) is 0 Å². The molecule has 2 unspecified atom stereocenters. The maximum atomic E-state index is 12.5. The van der Waals surface area contributed by atoms with Gasteiger partial charge in [0.1, 0.15) is 8.30 Å². The van der Waals surface area contributed by atoms with Crippen LogP contribution >= 0.6 is 15.6 Å². The number of nitrogens with zero attached hydrogens (tertiary/aromatic N) is 1. The summed E-state index contributed by atoms with van der Waals surface area (Å²) in [6, 6.07) is 0. The second-order valence-electron chi connectivity index (χ2n) is 3.42. The van der Waals surface area contributed by atoms with Gasteiger partial charge in [0.2, 0.25) is 0 Å². The van der Waals surface area contributed by atoms with Gasteiger partial charge in [-0.25, -0.2) is 4.44 Å². The molecule has 0 aromatic heterocycles. The highest BCUT2D eigenvalue weighted by atomic mass is 31.2. The van der Waals surface area contributed by atoms with Crippen molar-refractivity contribution >= 4 is 15.6 Å². The van der Waals surface area contributed by atoms with Crippen molar-refractivity contribution in [1.82, 2.24) is 4.44 Å². The average molecular weight is 237 g/mol. The largest absolute Gasteiger partial charge is 0.343 e. The predicted octanol–water partition coefficient (Wildman–Crippen LogP) is 3.36. The van der Waals surface area contributed by atoms with Crippen LogP contribution in [-0.2, 0) is 9.09 Å². The van der Waals surface area contributed by atoms with Crippen LogP contribution in [0.2, 0.25) is 0 Å². The zero-order valence-corrected chi connectivity index (χ0v) is 11.2. The summed E-state index contributed by atoms with van der Waals surface area (Å²) in [7, 11) is -2.61. The van der Waals surface area contributed by atoms with E-state index in [2.05, 4.69) is 11.4 Å². The molecule has 0 aromatic rings. The number of hydrogen-bond donors (Lipinski definition) is 0. The molecule has 1 aliphatic heterocycles. The van der Waals surface area contributed by atoms with Crippen LogP contribution in [0.15, 0.2) is 0 Å². The lowest BCUT2D eigenvalue weighted by atomic mass is 10.5. The fourth-order valence-corrected chi connectivity index (χ4v) is 7.80. The van der Waals surface area contributed by atoms with Crippen LogP contribution < -0.4 is 0 Å². The molecule has 0 aliphatic carbocycles. The smallest absolute Gasteiger partial charge is 0.155 e. The van der Waals surface area contributed by atoms with Crippen molar-refractivity contribution < 1.29 is 9.09 Å². The minimum Gasteiger partial charge on any atom is -0.343 e. The van der Waals surface area contributed by atoms with Gasteiger partial charge in [0.15, 0.2) is 7.29 Å². The van der Waals surface area contributed by atoms with Crippen molar-refractivity contribution in [3.8, 4) is 0 Å². The van der Waals surface area contributed by atoms with Crippen molar-refractivity contribution in [2.24, 2.45) is 0 Å². The Balaban J connectivity index is 2.69. The van der Waals surface area contributed by atoms with Crippen molar-refractivity contribution in [2.45, 2.75) is 27.2 Å². The molecule has 0 aromatic carbocycles. The second-order valence-corrected chi connectivity index (χ2v) is 9.07. The molecular weight excluding hydrogens is 216 g/mol. The van der Waals surface area contributed by atoms with Crippen LogP contribution in [0.3, 0.4) is 0 Å². The molecular formula is C9H21NO2P2. The zero-order valence-electron chi connectivity index (χ0n) is 9.40. The molecule has 14 heavy (non-hydrogen) atoms. The monoisotopic (exact) mass is 237 g/mol. The molecule has 2 atom stereocenters. The molecule has 84 valence electrons. The predicted molar refractivity (Wildman–Crippen MR) is 63.4 cm³/mol. The van der Waals surface area contributed by atoms with E-state index in [1.54, 1.807) is 0 Å². The lowest BCUT2D eigenvalue weighted by Crippen LogP contribution is -2.13. The first-order chi connectivity index (χ1) is 6.68. The van der Waals surface area contributed by atoms with E-state index < -0.39 is 15.6 Å². The Kier molecular flexibility index (Phi) is 5.06. The molecule has 0 bridgehead atoms. The highest BCUT2D eigenvalue weighted by Gasteiger charge is 2.38. The third-order valence-corrected chi connectivity index (χ3v) is 9.02. The van der Waals surface area contributed by atoms with E-state index in [9.17, 15) is 4.57 Å². The van der Waals surface area contributed by atoms with E-state index in [0.717, 1.165) is 38.1 Å². The Labute approximate surface area is 88.5 Å². The number of hydrogen-bond acceptors (Lipinski definition) is 2. The summed E-state index contributed by atoms with van der Waals surface area (Å²) in [5, 5.41) is 0. The SMILES string of the molecule is CCOP(CC)N1CCCP1(=O)CC. The maximum absolute atomic E-state index is 12.5. The van der Waals surface area contributed by atoms with Gasteiger partial charge in [-0.05, 0) is 13.3 Å². The van der Waals surface area contributed by atoms with Crippen LogP contribution in [0.5, 0.6) is 0 Å². The van der Waals surface area contributed by atoms with Gasteiger partial charge in [0.05, 0.1) is 0 Å². The Hall–Kier alpha value is 0.580. The van der Waals surface area contributed by atoms with Crippen molar-refractivity contribution in [2.75, 3.05) is 31.6 Å². The second kappa shape index (κ2) is 5.61. The lowest BCUT2D eigenvalue weighted by molar-refractivity contribution is 0.356. The van der Waals surface area contributed by atoms with Crippen molar-refractivity contribution in [3.63, 3.8) is 0 Å². The topological polar surface area (TPSA) is 29.5 Å². The molecule has 3 nitrogen and oxygen atoms in total. The summed E-state index contributed by atoms with van der Waals surface area (Å²) in [6.07, 6.45) is 3.78. The van der Waals surface area contributed by atoms with Gasteiger partial charge >= 0.3 is 0 Å². The highest BCUT2D eigenvalue weighted by molar-refractivity contribution is 7.72. The molecule has 1 heterocycles. The van der Waals surface area contributed by atoms with Gasteiger partial charge in [-0.2, -0.15) is 0 Å². The van der Waals surface area contributed by atoms with E-state index >= 15 is 0 Å². The van der Waals surface area contributed by atoms with E-state index in [0.29, 0.717) is 0 Å². The minimum atomic E-state index is -2.03. The quantitative estimate of drug-likeness (QED) is 0.686. The zero-order chi connectivity index (χ0) is 10.6. The summed E-state index contributed by atoms with van der Waals surface area (Å²) in [6.45, 7) is 7.89. The molecule has 0 saturated carbocycles. The first-order valence-corrected chi connectivity index (χ1v) is 8.87. The molecule has 1 fully saturated rings. The Bertz CT molecular complexity index is 223. The van der Waals surface area contributed by atoms with Crippen molar-refractivity contribution in [1.29, 1.82) is 0 Å². The van der Waals surface area contributed by atoms with Gasteiger partial charge < -0.3 is 9.09 Å². The molecule has 5 heteroatoms. The molecule has 0 amide bonds. The summed E-state index contributed by atoms with van der Waals surface area (Å²) < 4.78 is 20.3. The van der Waals surface area contributed by atoms with Gasteiger partial charge in [0.25, 0.3) is 0 Å². The van der Waals surface area contributed by atoms with Crippen molar-refractivity contribution in [3.05, 3.63) is 0 Å². The normalized spacial score (nSPS) is 30.8. The summed E-state index contributed by atoms with van der Waals surface area (Å²) >= 11 is 0. The highest BCUT2D eigenvalue weighted by Crippen LogP contribution is 2.65. The molecule has 0 spiro atoms. The van der Waals surface area contributed by atoms with Gasteiger partial charge in [-0.15, -0.1) is 0 Å². The summed E-state index contributed by atoms with van der Waals surface area (Å²) in [5.41, 5.74) is 0. The van der Waals surface area contributed by atoms with E-state index in [1.165, 1.54) is 0 Å². The maximum Gasteiger partial charge on any atom is 0.155 e. The summed E-state index contributed by atoms with van der Waals surface area (Å²) in [4.78, 5) is 0. The van der Waals surface area contributed by atoms with Crippen LogP contribution in [0.25, 0.3) is 0 Å². The minimum absolute atomic E-state index is 0.583. The fourth-order valence-electron chi connectivity index (χ4n) is 1.84. The molecule has 0 radical (unpaired) electrons. The molecule has 0 N–H and O–H groups in total. The average Bonchev–Trinajstić information content (AvgIpc) is 2.58. The summed E-state index contributed by atoms with van der Waals surface area (Å²) in [5.74, 6) is 0. The van der Waals surface area contributed by atoms with Crippen LogP contribution in [0, 0.1) is 0 Å². The molecule has 1 rings (SSSR count). The van der Waals surface area contributed by atoms with Crippen LogP contribution in [-0.4, -0.2) is 36.1 Å². The third kappa shape index (κ3) is 2.58. The van der Waals surface area contributed by atoms with E-state index in [4.69, 9.17) is 4.52 Å². The number of rotatable bonds is 5. The molecule has 1 saturated heterocycles. The third-order valence-electron chi connectivity index (χ3n) is 2.59. The first kappa shape index (κ1) is 12.6. The van der Waals surface area contributed by atoms with Gasteiger partial charge in [0, 0.05) is 31.6 Å². The van der Waals surface area contributed by atoms with Crippen LogP contribution in [0.1, 0.15) is 27.2 Å². The fraction of sp³-hybridized carbons (Fsp3) is 1.00.